The van der Waals surface area contributed by atoms with E-state index >= 15 is 0 Å². The van der Waals surface area contributed by atoms with Crippen molar-refractivity contribution in [1.82, 2.24) is 0 Å². The molecule has 262 valence electrons. The SMILES string of the molecule is c1ccc([Si](c2ccccc2)(c2ccccc2)c2cc3ccc4cc(N(c5ccc6ccccc6c5)c5ccc6ccccc6c5)cc5ccc(c2)c3c45)cc1. The largest absolute Gasteiger partial charge is 0.310 e. The van der Waals surface area contributed by atoms with Crippen molar-refractivity contribution < 1.29 is 0 Å². The van der Waals surface area contributed by atoms with E-state index in [1.165, 1.54) is 74.6 Å². The fourth-order valence-electron chi connectivity index (χ4n) is 9.31. The van der Waals surface area contributed by atoms with Gasteiger partial charge in [-0.15, -0.1) is 0 Å². The molecule has 0 saturated heterocycles. The normalized spacial score (nSPS) is 11.9. The Bertz CT molecular complexity index is 2950. The van der Waals surface area contributed by atoms with Crippen LogP contribution in [-0.4, -0.2) is 8.07 Å². The fourth-order valence-corrected chi connectivity index (χ4v) is 14.1. The minimum atomic E-state index is -2.69. The summed E-state index contributed by atoms with van der Waals surface area (Å²) in [4.78, 5) is 2.42. The van der Waals surface area contributed by atoms with Crippen molar-refractivity contribution in [2.75, 3.05) is 4.90 Å². The van der Waals surface area contributed by atoms with Gasteiger partial charge in [-0.2, -0.15) is 0 Å². The quantitative estimate of drug-likeness (QED) is 0.0898. The van der Waals surface area contributed by atoms with Gasteiger partial charge in [-0.25, -0.2) is 0 Å². The standard InChI is InChI=1S/C54H37NSi/c1-4-18-49(19-5-1)56(50-20-6-2-7-21-50,51-22-8-3-9-23-51)52-36-44-26-24-42-34-48(35-43-25-27-45(37-52)54(44)53(42)43)55(46-30-28-38-14-10-12-16-40(38)32-46)47-31-29-39-15-11-13-17-41(39)33-47/h1-37H. The van der Waals surface area contributed by atoms with E-state index in [4.69, 9.17) is 0 Å². The summed E-state index contributed by atoms with van der Waals surface area (Å²) in [6.07, 6.45) is 0. The van der Waals surface area contributed by atoms with Gasteiger partial charge in [0.2, 0.25) is 0 Å². The summed E-state index contributed by atoms with van der Waals surface area (Å²) in [6, 6.07) is 83.7. The Hall–Kier alpha value is -7.00. The summed E-state index contributed by atoms with van der Waals surface area (Å²) in [7, 11) is -2.69. The molecule has 0 heterocycles. The van der Waals surface area contributed by atoms with Crippen LogP contribution in [0.3, 0.4) is 0 Å². The molecule has 0 unspecified atom stereocenters. The monoisotopic (exact) mass is 727 g/mol. The molecule has 1 nitrogen and oxygen atoms in total. The molecule has 0 aliphatic heterocycles. The average Bonchev–Trinajstić information content (AvgIpc) is 3.27. The van der Waals surface area contributed by atoms with E-state index < -0.39 is 8.07 Å². The van der Waals surface area contributed by atoms with E-state index in [2.05, 4.69) is 229 Å². The van der Waals surface area contributed by atoms with Crippen molar-refractivity contribution in [3.8, 4) is 0 Å². The Morgan fingerprint density at radius 2 is 0.554 bits per heavy atom. The van der Waals surface area contributed by atoms with E-state index in [9.17, 15) is 0 Å². The molecule has 0 fully saturated rings. The predicted molar refractivity (Wildman–Crippen MR) is 243 cm³/mol. The lowest BCUT2D eigenvalue weighted by atomic mass is 9.93. The highest BCUT2D eigenvalue weighted by molar-refractivity contribution is 7.20. The maximum Gasteiger partial charge on any atom is 0.179 e. The highest BCUT2D eigenvalue weighted by Crippen LogP contribution is 2.42. The number of nitrogens with zero attached hydrogens (tertiary/aromatic N) is 1. The second-order valence-corrected chi connectivity index (χ2v) is 18.8. The highest BCUT2D eigenvalue weighted by atomic mass is 28.3. The van der Waals surface area contributed by atoms with Crippen LogP contribution in [-0.2, 0) is 0 Å². The summed E-state index contributed by atoms with van der Waals surface area (Å²) in [5, 5.41) is 18.2. The van der Waals surface area contributed by atoms with E-state index in [1.54, 1.807) is 0 Å². The number of benzene rings is 11. The van der Waals surface area contributed by atoms with Crippen LogP contribution >= 0.6 is 0 Å². The Balaban J connectivity index is 1.14. The summed E-state index contributed by atoms with van der Waals surface area (Å²) in [5.41, 5.74) is 3.42. The number of fused-ring (bicyclic) bond motifs is 2. The van der Waals surface area contributed by atoms with Gasteiger partial charge >= 0.3 is 0 Å². The maximum atomic E-state index is 2.50. The van der Waals surface area contributed by atoms with Crippen LogP contribution in [0, 0.1) is 0 Å². The molecule has 56 heavy (non-hydrogen) atoms. The molecule has 0 N–H and O–H groups in total. The fraction of sp³-hybridized carbons (Fsp3) is 0. The molecule has 0 saturated carbocycles. The number of hydrogen-bond acceptors (Lipinski definition) is 1. The molecule has 0 aliphatic rings. The molecule has 0 amide bonds. The van der Waals surface area contributed by atoms with Crippen molar-refractivity contribution in [3.63, 3.8) is 0 Å². The van der Waals surface area contributed by atoms with Crippen LogP contribution in [0.4, 0.5) is 17.1 Å². The predicted octanol–water partition coefficient (Wildman–Crippen LogP) is 11.7. The molecule has 0 atom stereocenters. The third kappa shape index (κ3) is 5.15. The van der Waals surface area contributed by atoms with E-state index in [-0.39, 0.29) is 0 Å². The molecule has 11 aromatic carbocycles. The Morgan fingerprint density at radius 3 is 0.964 bits per heavy atom. The van der Waals surface area contributed by atoms with Crippen molar-refractivity contribution in [2.24, 2.45) is 0 Å². The van der Waals surface area contributed by atoms with E-state index in [0.29, 0.717) is 0 Å². The first-order valence-corrected chi connectivity index (χ1v) is 21.4. The first-order chi connectivity index (χ1) is 27.7. The van der Waals surface area contributed by atoms with E-state index in [0.717, 1.165) is 17.1 Å². The molecule has 0 aliphatic carbocycles. The van der Waals surface area contributed by atoms with Gasteiger partial charge in [0.05, 0.1) is 0 Å². The molecule has 0 spiro atoms. The topological polar surface area (TPSA) is 3.24 Å². The van der Waals surface area contributed by atoms with Gasteiger partial charge in [0.1, 0.15) is 0 Å². The van der Waals surface area contributed by atoms with Crippen LogP contribution in [0.2, 0.25) is 0 Å². The smallest absolute Gasteiger partial charge is 0.179 e. The third-order valence-corrected chi connectivity index (χ3v) is 16.6. The highest BCUT2D eigenvalue weighted by Gasteiger charge is 2.41. The average molecular weight is 728 g/mol. The lowest BCUT2D eigenvalue weighted by Crippen LogP contribution is -2.74. The zero-order valence-corrected chi connectivity index (χ0v) is 31.8. The number of anilines is 3. The van der Waals surface area contributed by atoms with Crippen molar-refractivity contribution in [1.29, 1.82) is 0 Å². The Morgan fingerprint density at radius 1 is 0.232 bits per heavy atom. The van der Waals surface area contributed by atoms with Gasteiger partial charge in [-0.3, -0.25) is 0 Å². The molecule has 2 heteroatoms. The van der Waals surface area contributed by atoms with Gasteiger partial charge in [0.25, 0.3) is 0 Å². The maximum absolute atomic E-state index is 2.69. The second kappa shape index (κ2) is 13.1. The van der Waals surface area contributed by atoms with Gasteiger partial charge in [0.15, 0.2) is 8.07 Å². The number of rotatable bonds is 7. The van der Waals surface area contributed by atoms with Gasteiger partial charge < -0.3 is 4.90 Å². The van der Waals surface area contributed by atoms with Crippen molar-refractivity contribution in [2.45, 2.75) is 0 Å². The minimum absolute atomic E-state index is 1.14. The van der Waals surface area contributed by atoms with Crippen LogP contribution in [0.25, 0.3) is 53.9 Å². The van der Waals surface area contributed by atoms with Crippen LogP contribution in [0.1, 0.15) is 0 Å². The molecule has 0 radical (unpaired) electrons. The lowest BCUT2D eigenvalue weighted by molar-refractivity contribution is 1.30. The zero-order chi connectivity index (χ0) is 37.1. The summed E-state index contributed by atoms with van der Waals surface area (Å²) >= 11 is 0. The van der Waals surface area contributed by atoms with Crippen LogP contribution in [0.15, 0.2) is 224 Å². The first-order valence-electron chi connectivity index (χ1n) is 19.4. The second-order valence-electron chi connectivity index (χ2n) is 14.9. The van der Waals surface area contributed by atoms with Gasteiger partial charge in [0, 0.05) is 17.1 Å². The molecule has 0 bridgehead atoms. The van der Waals surface area contributed by atoms with Gasteiger partial charge in [-0.1, -0.05) is 188 Å². The summed E-state index contributed by atoms with van der Waals surface area (Å²) in [5.74, 6) is 0. The van der Waals surface area contributed by atoms with Crippen LogP contribution in [0.5, 0.6) is 0 Å². The number of hydrogen-bond donors (Lipinski definition) is 0. The summed E-state index contributed by atoms with van der Waals surface area (Å²) in [6.45, 7) is 0. The molecule has 11 aromatic rings. The lowest BCUT2D eigenvalue weighted by Gasteiger charge is -2.35. The third-order valence-electron chi connectivity index (χ3n) is 11.8. The summed E-state index contributed by atoms with van der Waals surface area (Å²) < 4.78 is 0. The zero-order valence-electron chi connectivity index (χ0n) is 30.8. The molecule has 0 aromatic heterocycles. The van der Waals surface area contributed by atoms with Crippen molar-refractivity contribution in [3.05, 3.63) is 224 Å². The van der Waals surface area contributed by atoms with Gasteiger partial charge in [-0.05, 0) is 111 Å². The van der Waals surface area contributed by atoms with E-state index in [1.807, 2.05) is 0 Å². The Kier molecular flexibility index (Phi) is 7.58. The minimum Gasteiger partial charge on any atom is -0.310 e. The first kappa shape index (κ1) is 32.4. The van der Waals surface area contributed by atoms with Crippen LogP contribution < -0.4 is 25.6 Å². The Labute approximate surface area is 327 Å². The molecular formula is C54H37NSi. The molecule has 11 rings (SSSR count). The van der Waals surface area contributed by atoms with Crippen molar-refractivity contribution >= 4 is 99.7 Å². The molecular weight excluding hydrogens is 691 g/mol.